The fourth-order valence-corrected chi connectivity index (χ4v) is 2.11. The van der Waals surface area contributed by atoms with Crippen LogP contribution in [-0.4, -0.2) is 53.9 Å². The average Bonchev–Trinajstić information content (AvgIpc) is 2.42. The molecule has 0 amide bonds. The number of hydrogen-bond donors (Lipinski definition) is 2. The van der Waals surface area contributed by atoms with Gasteiger partial charge in [-0.15, -0.1) is 0 Å². The summed E-state index contributed by atoms with van der Waals surface area (Å²) in [7, 11) is 1.86. The number of nitrogens with one attached hydrogen (secondary N) is 1. The normalized spacial score (nSPS) is 25.1. The zero-order valence-electron chi connectivity index (χ0n) is 11.0. The van der Waals surface area contributed by atoms with Crippen LogP contribution < -0.4 is 5.32 Å². The van der Waals surface area contributed by atoms with Crippen molar-refractivity contribution in [2.24, 2.45) is 0 Å². The van der Waals surface area contributed by atoms with Gasteiger partial charge in [-0.1, -0.05) is 6.07 Å². The van der Waals surface area contributed by atoms with Gasteiger partial charge in [-0.3, -0.25) is 4.90 Å². The van der Waals surface area contributed by atoms with Gasteiger partial charge in [-0.25, -0.2) is 4.98 Å². The van der Waals surface area contributed by atoms with Crippen molar-refractivity contribution >= 4 is 5.82 Å². The van der Waals surface area contributed by atoms with Crippen LogP contribution in [0.4, 0.5) is 5.82 Å². The van der Waals surface area contributed by atoms with Crippen molar-refractivity contribution < 1.29 is 9.84 Å². The third-order valence-electron chi connectivity index (χ3n) is 3.30. The maximum absolute atomic E-state index is 9.16. The molecular weight excluding hydrogens is 230 g/mol. The van der Waals surface area contributed by atoms with Crippen LogP contribution in [0.15, 0.2) is 18.3 Å². The molecule has 2 N–H and O–H groups in total. The smallest absolute Gasteiger partial charge is 0.125 e. The molecule has 0 aromatic carbocycles. The first-order chi connectivity index (χ1) is 8.72. The Hall–Kier alpha value is -1.17. The van der Waals surface area contributed by atoms with Gasteiger partial charge < -0.3 is 15.2 Å². The lowest BCUT2D eigenvalue weighted by atomic mass is 10.1. The zero-order chi connectivity index (χ0) is 13.0. The van der Waals surface area contributed by atoms with Gasteiger partial charge in [0.05, 0.1) is 19.3 Å². The maximum Gasteiger partial charge on any atom is 0.125 e. The van der Waals surface area contributed by atoms with E-state index in [4.69, 9.17) is 9.84 Å². The molecule has 0 radical (unpaired) electrons. The highest BCUT2D eigenvalue weighted by Crippen LogP contribution is 2.15. The summed E-state index contributed by atoms with van der Waals surface area (Å²) in [5, 5.41) is 12.2. The van der Waals surface area contributed by atoms with Crippen molar-refractivity contribution in [2.75, 3.05) is 32.1 Å². The quantitative estimate of drug-likeness (QED) is 0.825. The first-order valence-electron chi connectivity index (χ1n) is 6.32. The fraction of sp³-hybridized carbons (Fsp3) is 0.615. The number of aliphatic hydroxyl groups excluding tert-OH is 1. The number of aliphatic hydroxyl groups is 1. The highest BCUT2D eigenvalue weighted by molar-refractivity contribution is 5.34. The van der Waals surface area contributed by atoms with Crippen molar-refractivity contribution in [3.63, 3.8) is 0 Å². The molecule has 5 nitrogen and oxygen atoms in total. The van der Waals surface area contributed by atoms with E-state index in [1.807, 2.05) is 19.3 Å². The molecule has 1 saturated heterocycles. The van der Waals surface area contributed by atoms with Gasteiger partial charge in [0.1, 0.15) is 5.82 Å². The van der Waals surface area contributed by atoms with Crippen LogP contribution in [0.25, 0.3) is 0 Å². The number of ether oxygens (including phenoxy) is 1. The molecule has 2 rings (SSSR count). The standard InChI is InChI=1S/C13H21N3O2/c1-10-9-18-12(8-17)7-16(10)6-11-3-4-13(14-2)15-5-11/h3-5,10,12,17H,6-9H2,1-2H3,(H,14,15). The van der Waals surface area contributed by atoms with E-state index in [1.165, 1.54) is 5.56 Å². The lowest BCUT2D eigenvalue weighted by molar-refractivity contribution is -0.0805. The third-order valence-corrected chi connectivity index (χ3v) is 3.30. The molecule has 0 aliphatic carbocycles. The zero-order valence-corrected chi connectivity index (χ0v) is 11.0. The van der Waals surface area contributed by atoms with Crippen LogP contribution >= 0.6 is 0 Å². The third kappa shape index (κ3) is 3.19. The van der Waals surface area contributed by atoms with Gasteiger partial charge in [0.15, 0.2) is 0 Å². The molecule has 0 spiro atoms. The second-order valence-electron chi connectivity index (χ2n) is 4.72. The highest BCUT2D eigenvalue weighted by Gasteiger charge is 2.25. The van der Waals surface area contributed by atoms with Gasteiger partial charge >= 0.3 is 0 Å². The molecule has 0 saturated carbocycles. The highest BCUT2D eigenvalue weighted by atomic mass is 16.5. The molecule has 1 fully saturated rings. The van der Waals surface area contributed by atoms with E-state index in [1.54, 1.807) is 0 Å². The van der Waals surface area contributed by atoms with Crippen molar-refractivity contribution in [1.29, 1.82) is 0 Å². The summed E-state index contributed by atoms with van der Waals surface area (Å²) in [6.45, 7) is 4.51. The summed E-state index contributed by atoms with van der Waals surface area (Å²) in [5.74, 6) is 0.877. The second kappa shape index (κ2) is 6.13. The van der Waals surface area contributed by atoms with Crippen LogP contribution in [0.2, 0.25) is 0 Å². The predicted octanol–water partition coefficient (Wildman–Crippen LogP) is 0.705. The van der Waals surface area contributed by atoms with Gasteiger partial charge in [0, 0.05) is 32.4 Å². The molecule has 1 aromatic rings. The van der Waals surface area contributed by atoms with E-state index < -0.39 is 0 Å². The average molecular weight is 251 g/mol. The monoisotopic (exact) mass is 251 g/mol. The molecule has 2 heterocycles. The summed E-state index contributed by atoms with van der Waals surface area (Å²) < 4.78 is 5.53. The van der Waals surface area contributed by atoms with Gasteiger partial charge in [-0.05, 0) is 18.6 Å². The molecule has 100 valence electrons. The van der Waals surface area contributed by atoms with Crippen LogP contribution in [-0.2, 0) is 11.3 Å². The first kappa shape index (κ1) is 13.3. The lowest BCUT2D eigenvalue weighted by Crippen LogP contribution is -2.48. The molecule has 1 aromatic heterocycles. The summed E-state index contributed by atoms with van der Waals surface area (Å²) in [6.07, 6.45) is 1.83. The van der Waals surface area contributed by atoms with Crippen molar-refractivity contribution in [2.45, 2.75) is 25.6 Å². The number of rotatable bonds is 4. The predicted molar refractivity (Wildman–Crippen MR) is 70.5 cm³/mol. The molecule has 1 aliphatic heterocycles. The Kier molecular flexibility index (Phi) is 4.52. The SMILES string of the molecule is CNc1ccc(CN2CC(CO)OCC2C)cn1. The minimum absolute atomic E-state index is 0.0641. The summed E-state index contributed by atoms with van der Waals surface area (Å²) in [5.41, 5.74) is 1.18. The Morgan fingerprint density at radius 1 is 1.56 bits per heavy atom. The fourth-order valence-electron chi connectivity index (χ4n) is 2.11. The first-order valence-corrected chi connectivity index (χ1v) is 6.32. The van der Waals surface area contributed by atoms with Crippen molar-refractivity contribution in [3.05, 3.63) is 23.9 Å². The number of hydrogen-bond acceptors (Lipinski definition) is 5. The minimum atomic E-state index is -0.0641. The number of anilines is 1. The Morgan fingerprint density at radius 3 is 3.00 bits per heavy atom. The molecule has 5 heteroatoms. The van der Waals surface area contributed by atoms with Crippen LogP contribution in [0.3, 0.4) is 0 Å². The number of pyridine rings is 1. The van der Waals surface area contributed by atoms with Crippen LogP contribution in [0, 0.1) is 0 Å². The summed E-state index contributed by atoms with van der Waals surface area (Å²) in [4.78, 5) is 6.63. The minimum Gasteiger partial charge on any atom is -0.394 e. The topological polar surface area (TPSA) is 57.6 Å². The van der Waals surface area contributed by atoms with Gasteiger partial charge in [0.25, 0.3) is 0 Å². The maximum atomic E-state index is 9.16. The summed E-state index contributed by atoms with van der Waals surface area (Å²) in [6, 6.07) is 4.43. The van der Waals surface area contributed by atoms with Gasteiger partial charge in [0.2, 0.25) is 0 Å². The van der Waals surface area contributed by atoms with Crippen LogP contribution in [0.1, 0.15) is 12.5 Å². The Balaban J connectivity index is 1.97. The molecule has 2 unspecified atom stereocenters. The molecule has 2 atom stereocenters. The van der Waals surface area contributed by atoms with Crippen molar-refractivity contribution in [1.82, 2.24) is 9.88 Å². The van der Waals surface area contributed by atoms with E-state index in [0.29, 0.717) is 12.6 Å². The Morgan fingerprint density at radius 2 is 2.39 bits per heavy atom. The van der Waals surface area contributed by atoms with E-state index >= 15 is 0 Å². The van der Waals surface area contributed by atoms with Gasteiger partial charge in [-0.2, -0.15) is 0 Å². The molecule has 0 bridgehead atoms. The Bertz CT molecular complexity index is 369. The number of nitrogens with zero attached hydrogens (tertiary/aromatic N) is 2. The molecular formula is C13H21N3O2. The van der Waals surface area contributed by atoms with E-state index in [-0.39, 0.29) is 12.7 Å². The van der Waals surface area contributed by atoms with Crippen molar-refractivity contribution in [3.8, 4) is 0 Å². The molecule has 1 aliphatic rings. The van der Waals surface area contributed by atoms with E-state index in [2.05, 4.69) is 28.2 Å². The summed E-state index contributed by atoms with van der Waals surface area (Å²) >= 11 is 0. The lowest BCUT2D eigenvalue weighted by Gasteiger charge is -2.37. The van der Waals surface area contributed by atoms with E-state index in [9.17, 15) is 0 Å². The Labute approximate surface area is 108 Å². The molecule has 18 heavy (non-hydrogen) atoms. The second-order valence-corrected chi connectivity index (χ2v) is 4.72. The largest absolute Gasteiger partial charge is 0.394 e. The van der Waals surface area contributed by atoms with E-state index in [0.717, 1.165) is 18.9 Å². The number of aromatic nitrogens is 1. The number of morpholine rings is 1. The van der Waals surface area contributed by atoms with Crippen LogP contribution in [0.5, 0.6) is 0 Å².